The van der Waals surface area contributed by atoms with Crippen LogP contribution in [0.15, 0.2) is 65.5 Å². The minimum atomic E-state index is -0.326. The first-order chi connectivity index (χ1) is 11.5. The first-order valence-corrected chi connectivity index (χ1v) is 7.80. The van der Waals surface area contributed by atoms with Crippen LogP contribution in [0.4, 0.5) is 5.69 Å². The molecular weight excluding hydrogens is 300 g/mol. The summed E-state index contributed by atoms with van der Waals surface area (Å²) in [4.78, 5) is 18.0. The Balaban J connectivity index is 1.74. The molecule has 2 heterocycles. The Morgan fingerprint density at radius 2 is 1.96 bits per heavy atom. The smallest absolute Gasteiger partial charge is 0.289 e. The second-order valence-electron chi connectivity index (χ2n) is 6.19. The van der Waals surface area contributed by atoms with E-state index in [1.807, 2.05) is 19.2 Å². The number of benzene rings is 1. The molecule has 1 aromatic carbocycles. The van der Waals surface area contributed by atoms with Crippen LogP contribution in [0.2, 0.25) is 0 Å². The maximum atomic E-state index is 11.9. The quantitative estimate of drug-likeness (QED) is 0.698. The summed E-state index contributed by atoms with van der Waals surface area (Å²) in [6, 6.07) is 13.5. The minimum Gasteiger partial charge on any atom is -0.347 e. The maximum absolute atomic E-state index is 11.9. The fourth-order valence-electron chi connectivity index (χ4n) is 3.06. The van der Waals surface area contributed by atoms with Gasteiger partial charge < -0.3 is 4.90 Å². The van der Waals surface area contributed by atoms with Gasteiger partial charge in [-0.05, 0) is 29.8 Å². The number of nitrogens with zero attached hydrogens (tertiary/aromatic N) is 3. The van der Waals surface area contributed by atoms with Crippen molar-refractivity contribution in [2.75, 3.05) is 11.9 Å². The minimum absolute atomic E-state index is 0.109. The lowest BCUT2D eigenvalue weighted by molar-refractivity contribution is 0.0950. The average molecular weight is 320 g/mol. The molecule has 0 saturated carbocycles. The van der Waals surface area contributed by atoms with Gasteiger partial charge in [-0.15, -0.1) is 0 Å². The molecule has 122 valence electrons. The number of carbonyl (C=O) groups is 1. The molecule has 0 spiro atoms. The number of hydrogen-bond acceptors (Lipinski definition) is 4. The van der Waals surface area contributed by atoms with Gasteiger partial charge in [-0.3, -0.25) is 9.78 Å². The van der Waals surface area contributed by atoms with Crippen molar-refractivity contribution in [3.63, 3.8) is 0 Å². The van der Waals surface area contributed by atoms with Gasteiger partial charge in [-0.25, -0.2) is 5.43 Å². The third-order valence-electron chi connectivity index (χ3n) is 4.31. The number of nitrogens with one attached hydrogen (secondary N) is 1. The maximum Gasteiger partial charge on any atom is 0.289 e. The number of rotatable bonds is 3. The SMILES string of the molecule is CN1/C(=C\C=N/NC(=O)c2ccccn2)C(C)(C)c2ccccc21. The number of likely N-dealkylation sites (N-methyl/N-ethyl adjacent to an activating group) is 1. The molecule has 1 aromatic heterocycles. The number of allylic oxidation sites excluding steroid dienone is 2. The van der Waals surface area contributed by atoms with E-state index >= 15 is 0 Å². The van der Waals surface area contributed by atoms with Crippen LogP contribution in [0.5, 0.6) is 0 Å². The van der Waals surface area contributed by atoms with Crippen LogP contribution in [0.1, 0.15) is 29.9 Å². The third-order valence-corrected chi connectivity index (χ3v) is 4.31. The van der Waals surface area contributed by atoms with E-state index in [1.165, 1.54) is 11.3 Å². The molecule has 0 radical (unpaired) electrons. The molecule has 0 unspecified atom stereocenters. The summed E-state index contributed by atoms with van der Waals surface area (Å²) in [5.74, 6) is -0.326. The molecule has 5 heteroatoms. The van der Waals surface area contributed by atoms with Crippen LogP contribution in [-0.2, 0) is 5.41 Å². The number of amides is 1. The molecule has 0 atom stereocenters. The molecule has 0 aliphatic carbocycles. The number of carbonyl (C=O) groups excluding carboxylic acids is 1. The fourth-order valence-corrected chi connectivity index (χ4v) is 3.06. The summed E-state index contributed by atoms with van der Waals surface area (Å²) >= 11 is 0. The lowest BCUT2D eigenvalue weighted by atomic mass is 9.84. The van der Waals surface area contributed by atoms with E-state index in [4.69, 9.17) is 0 Å². The van der Waals surface area contributed by atoms with Crippen LogP contribution < -0.4 is 10.3 Å². The highest BCUT2D eigenvalue weighted by Gasteiger charge is 2.37. The Labute approximate surface area is 141 Å². The van der Waals surface area contributed by atoms with Gasteiger partial charge in [-0.1, -0.05) is 38.1 Å². The number of para-hydroxylation sites is 1. The molecule has 5 nitrogen and oxygen atoms in total. The molecule has 0 bridgehead atoms. The first kappa shape index (κ1) is 15.9. The van der Waals surface area contributed by atoms with Crippen molar-refractivity contribution < 1.29 is 4.79 Å². The predicted molar refractivity (Wildman–Crippen MR) is 96.1 cm³/mol. The lowest BCUT2D eigenvalue weighted by Crippen LogP contribution is -2.23. The van der Waals surface area contributed by atoms with Crippen LogP contribution in [0.3, 0.4) is 0 Å². The Kier molecular flexibility index (Phi) is 4.16. The van der Waals surface area contributed by atoms with E-state index in [9.17, 15) is 4.79 Å². The summed E-state index contributed by atoms with van der Waals surface area (Å²) < 4.78 is 0. The van der Waals surface area contributed by atoms with E-state index in [1.54, 1.807) is 30.6 Å². The highest BCUT2D eigenvalue weighted by Crippen LogP contribution is 2.46. The summed E-state index contributed by atoms with van der Waals surface area (Å²) in [5, 5.41) is 4.01. The van der Waals surface area contributed by atoms with Crippen LogP contribution in [-0.4, -0.2) is 24.2 Å². The average Bonchev–Trinajstić information content (AvgIpc) is 2.80. The zero-order chi connectivity index (χ0) is 17.2. The van der Waals surface area contributed by atoms with Crippen LogP contribution >= 0.6 is 0 Å². The van der Waals surface area contributed by atoms with Crippen molar-refractivity contribution in [2.24, 2.45) is 5.10 Å². The second kappa shape index (κ2) is 6.28. The molecular formula is C19H20N4O. The number of fused-ring (bicyclic) bond motifs is 1. The molecule has 24 heavy (non-hydrogen) atoms. The van der Waals surface area contributed by atoms with E-state index in [2.05, 4.69) is 52.5 Å². The van der Waals surface area contributed by atoms with Crippen molar-refractivity contribution in [1.29, 1.82) is 0 Å². The molecule has 1 aliphatic rings. The summed E-state index contributed by atoms with van der Waals surface area (Å²) in [6.45, 7) is 4.36. The lowest BCUT2D eigenvalue weighted by Gasteiger charge is -2.23. The van der Waals surface area contributed by atoms with Crippen LogP contribution in [0, 0.1) is 0 Å². The fraction of sp³-hybridized carbons (Fsp3) is 0.211. The zero-order valence-electron chi connectivity index (χ0n) is 14.0. The number of anilines is 1. The van der Waals surface area contributed by atoms with Gasteiger partial charge in [0.15, 0.2) is 0 Å². The Morgan fingerprint density at radius 1 is 1.21 bits per heavy atom. The van der Waals surface area contributed by atoms with Gasteiger partial charge in [0.05, 0.1) is 0 Å². The molecule has 1 amide bonds. The molecule has 2 aromatic rings. The summed E-state index contributed by atoms with van der Waals surface area (Å²) in [6.07, 6.45) is 5.12. The van der Waals surface area contributed by atoms with Gasteiger partial charge in [-0.2, -0.15) is 5.10 Å². The van der Waals surface area contributed by atoms with Gasteiger partial charge in [0, 0.05) is 36.3 Å². The Hall–Kier alpha value is -2.95. The zero-order valence-corrected chi connectivity index (χ0v) is 14.0. The van der Waals surface area contributed by atoms with Crippen molar-refractivity contribution in [2.45, 2.75) is 19.3 Å². The first-order valence-electron chi connectivity index (χ1n) is 7.80. The summed E-state index contributed by atoms with van der Waals surface area (Å²) in [7, 11) is 2.04. The molecule has 0 saturated heterocycles. The summed E-state index contributed by atoms with van der Waals surface area (Å²) in [5.41, 5.74) is 6.32. The van der Waals surface area contributed by atoms with E-state index in [0.29, 0.717) is 5.69 Å². The van der Waals surface area contributed by atoms with Gasteiger partial charge in [0.25, 0.3) is 5.91 Å². The molecule has 3 rings (SSSR count). The van der Waals surface area contributed by atoms with Crippen molar-refractivity contribution >= 4 is 17.8 Å². The van der Waals surface area contributed by atoms with Crippen LogP contribution in [0.25, 0.3) is 0 Å². The van der Waals surface area contributed by atoms with E-state index in [-0.39, 0.29) is 11.3 Å². The van der Waals surface area contributed by atoms with Crippen molar-refractivity contribution in [3.8, 4) is 0 Å². The molecule has 1 N–H and O–H groups in total. The van der Waals surface area contributed by atoms with Gasteiger partial charge >= 0.3 is 0 Å². The number of hydrogen-bond donors (Lipinski definition) is 1. The number of pyridine rings is 1. The molecule has 1 aliphatic heterocycles. The standard InChI is InChI=1S/C19H20N4O/c1-19(2)14-8-4-5-10-16(14)23(3)17(19)11-13-21-22-18(24)15-9-6-7-12-20-15/h4-13H,1-3H3,(H,22,24)/b17-11-,21-13-. The predicted octanol–water partition coefficient (Wildman–Crippen LogP) is 3.11. The monoisotopic (exact) mass is 320 g/mol. The number of hydrazone groups is 1. The van der Waals surface area contributed by atoms with Crippen molar-refractivity contribution in [1.82, 2.24) is 10.4 Å². The Morgan fingerprint density at radius 3 is 2.67 bits per heavy atom. The van der Waals surface area contributed by atoms with Crippen molar-refractivity contribution in [3.05, 3.63) is 71.7 Å². The Bertz CT molecular complexity index is 809. The largest absolute Gasteiger partial charge is 0.347 e. The third kappa shape index (κ3) is 2.80. The molecule has 0 fully saturated rings. The number of aromatic nitrogens is 1. The normalized spacial score (nSPS) is 17.3. The highest BCUT2D eigenvalue weighted by atomic mass is 16.2. The van der Waals surface area contributed by atoms with E-state index in [0.717, 1.165) is 5.70 Å². The topological polar surface area (TPSA) is 57.6 Å². The van der Waals surface area contributed by atoms with E-state index < -0.39 is 0 Å². The van der Waals surface area contributed by atoms with Gasteiger partial charge in [0.2, 0.25) is 0 Å². The second-order valence-corrected chi connectivity index (χ2v) is 6.19. The highest BCUT2D eigenvalue weighted by molar-refractivity contribution is 5.92. The van der Waals surface area contributed by atoms with Gasteiger partial charge in [0.1, 0.15) is 5.69 Å².